The van der Waals surface area contributed by atoms with Crippen LogP contribution in [0.4, 0.5) is 4.79 Å². The number of likely N-dealkylation sites (tertiary alicyclic amines) is 1. The first-order chi connectivity index (χ1) is 9.44. The summed E-state index contributed by atoms with van der Waals surface area (Å²) >= 11 is 0. The number of aliphatic carboxylic acids is 1. The summed E-state index contributed by atoms with van der Waals surface area (Å²) in [4.78, 5) is 36.0. The maximum Gasteiger partial charge on any atom is 0.317 e. The van der Waals surface area contributed by atoms with E-state index in [1.807, 2.05) is 0 Å². The molecule has 0 aromatic rings. The molecule has 1 saturated carbocycles. The van der Waals surface area contributed by atoms with Gasteiger partial charge in [-0.3, -0.25) is 9.59 Å². The minimum atomic E-state index is -0.841. The molecule has 1 atom stereocenters. The molecule has 1 heterocycles. The van der Waals surface area contributed by atoms with Crippen molar-refractivity contribution < 1.29 is 19.5 Å². The minimum Gasteiger partial charge on any atom is -0.481 e. The molecule has 0 aromatic carbocycles. The van der Waals surface area contributed by atoms with Crippen molar-refractivity contribution >= 4 is 17.9 Å². The summed E-state index contributed by atoms with van der Waals surface area (Å²) < 4.78 is 0. The van der Waals surface area contributed by atoms with Crippen molar-refractivity contribution in [1.82, 2.24) is 10.2 Å². The third-order valence-electron chi connectivity index (χ3n) is 4.47. The van der Waals surface area contributed by atoms with Crippen LogP contribution in [0.5, 0.6) is 0 Å². The smallest absolute Gasteiger partial charge is 0.317 e. The summed E-state index contributed by atoms with van der Waals surface area (Å²) in [5, 5.41) is 12.0. The summed E-state index contributed by atoms with van der Waals surface area (Å²) in [6.07, 6.45) is 3.55. The van der Waals surface area contributed by atoms with E-state index in [4.69, 9.17) is 5.73 Å². The van der Waals surface area contributed by atoms with Gasteiger partial charge in [0.25, 0.3) is 0 Å². The van der Waals surface area contributed by atoms with Gasteiger partial charge < -0.3 is 21.1 Å². The molecular weight excluding hydrogens is 262 g/mol. The summed E-state index contributed by atoms with van der Waals surface area (Å²) in [7, 11) is 0. The van der Waals surface area contributed by atoms with E-state index in [-0.39, 0.29) is 18.5 Å². The molecule has 20 heavy (non-hydrogen) atoms. The summed E-state index contributed by atoms with van der Waals surface area (Å²) in [5.74, 6) is -1.52. The third-order valence-corrected chi connectivity index (χ3v) is 4.47. The third kappa shape index (κ3) is 2.86. The van der Waals surface area contributed by atoms with E-state index in [0.29, 0.717) is 32.4 Å². The Bertz CT molecular complexity index is 418. The van der Waals surface area contributed by atoms with Gasteiger partial charge in [-0.05, 0) is 19.3 Å². The summed E-state index contributed by atoms with van der Waals surface area (Å²) in [5.41, 5.74) is 4.40. The van der Waals surface area contributed by atoms with Gasteiger partial charge in [0.2, 0.25) is 5.91 Å². The second-order valence-corrected chi connectivity index (χ2v) is 5.79. The molecule has 1 unspecified atom stereocenters. The Labute approximate surface area is 117 Å². The molecular formula is C13H21N3O4. The maximum atomic E-state index is 12.0. The van der Waals surface area contributed by atoms with E-state index >= 15 is 0 Å². The molecule has 4 N–H and O–H groups in total. The van der Waals surface area contributed by atoms with E-state index in [1.54, 1.807) is 0 Å². The second kappa shape index (κ2) is 5.68. The van der Waals surface area contributed by atoms with Crippen LogP contribution in [0.15, 0.2) is 0 Å². The monoisotopic (exact) mass is 283 g/mol. The van der Waals surface area contributed by atoms with Gasteiger partial charge in [0.05, 0.1) is 11.3 Å². The van der Waals surface area contributed by atoms with Crippen LogP contribution in [0, 0.1) is 11.3 Å². The number of rotatable bonds is 4. The minimum absolute atomic E-state index is 0.152. The fourth-order valence-electron chi connectivity index (χ4n) is 3.05. The molecule has 3 amide bonds. The van der Waals surface area contributed by atoms with E-state index in [9.17, 15) is 19.5 Å². The predicted molar refractivity (Wildman–Crippen MR) is 70.8 cm³/mol. The standard InChI is InChI=1S/C13H21N3O4/c14-10(17)9-3-6-16(7-9)12(20)15-8-13(11(18)19)4-1-2-5-13/h9H,1-8H2,(H2,14,17)(H,15,20)(H,18,19). The Morgan fingerprint density at radius 3 is 2.45 bits per heavy atom. The average molecular weight is 283 g/mol. The van der Waals surface area contributed by atoms with Gasteiger partial charge in [-0.15, -0.1) is 0 Å². The fourth-order valence-corrected chi connectivity index (χ4v) is 3.05. The molecule has 7 nitrogen and oxygen atoms in total. The van der Waals surface area contributed by atoms with Crippen molar-refractivity contribution in [2.75, 3.05) is 19.6 Å². The van der Waals surface area contributed by atoms with Crippen molar-refractivity contribution in [3.05, 3.63) is 0 Å². The van der Waals surface area contributed by atoms with E-state index in [1.165, 1.54) is 4.90 Å². The van der Waals surface area contributed by atoms with Crippen molar-refractivity contribution in [3.8, 4) is 0 Å². The number of nitrogens with zero attached hydrogens (tertiary/aromatic N) is 1. The molecule has 0 bridgehead atoms. The van der Waals surface area contributed by atoms with Crippen LogP contribution < -0.4 is 11.1 Å². The number of carboxylic acid groups (broad SMARTS) is 1. The SMILES string of the molecule is NC(=O)C1CCN(C(=O)NCC2(C(=O)O)CCCC2)C1. The van der Waals surface area contributed by atoms with Gasteiger partial charge in [-0.2, -0.15) is 0 Å². The Balaban J connectivity index is 1.86. The largest absolute Gasteiger partial charge is 0.481 e. The number of nitrogens with one attached hydrogen (secondary N) is 1. The number of hydrogen-bond donors (Lipinski definition) is 3. The van der Waals surface area contributed by atoms with Crippen molar-refractivity contribution in [2.24, 2.45) is 17.1 Å². The van der Waals surface area contributed by atoms with Crippen LogP contribution in [-0.4, -0.2) is 47.5 Å². The molecule has 1 saturated heterocycles. The van der Waals surface area contributed by atoms with Crippen LogP contribution in [0.2, 0.25) is 0 Å². The number of nitrogens with two attached hydrogens (primary N) is 1. The lowest BCUT2D eigenvalue weighted by Crippen LogP contribution is -2.46. The van der Waals surface area contributed by atoms with Gasteiger partial charge in [0.15, 0.2) is 0 Å². The number of primary amides is 1. The summed E-state index contributed by atoms with van der Waals surface area (Å²) in [6.45, 7) is 0.958. The number of carbonyl (C=O) groups is 3. The maximum absolute atomic E-state index is 12.0. The molecule has 0 spiro atoms. The van der Waals surface area contributed by atoms with E-state index in [0.717, 1.165) is 12.8 Å². The van der Waals surface area contributed by atoms with Crippen molar-refractivity contribution in [1.29, 1.82) is 0 Å². The van der Waals surface area contributed by atoms with E-state index in [2.05, 4.69) is 5.32 Å². The molecule has 1 aliphatic heterocycles. The molecule has 7 heteroatoms. The zero-order chi connectivity index (χ0) is 14.8. The molecule has 2 aliphatic rings. The number of carbonyl (C=O) groups excluding carboxylic acids is 2. The lowest BCUT2D eigenvalue weighted by Gasteiger charge is -2.26. The highest BCUT2D eigenvalue weighted by atomic mass is 16.4. The average Bonchev–Trinajstić information content (AvgIpc) is 3.06. The van der Waals surface area contributed by atoms with Gasteiger partial charge >= 0.3 is 12.0 Å². The molecule has 2 rings (SSSR count). The number of hydrogen-bond acceptors (Lipinski definition) is 3. The molecule has 0 radical (unpaired) electrons. The highest BCUT2D eigenvalue weighted by Gasteiger charge is 2.42. The number of urea groups is 1. The van der Waals surface area contributed by atoms with Crippen molar-refractivity contribution in [2.45, 2.75) is 32.1 Å². The number of carboxylic acids is 1. The van der Waals surface area contributed by atoms with Crippen LogP contribution in [0.1, 0.15) is 32.1 Å². The highest BCUT2D eigenvalue weighted by Crippen LogP contribution is 2.37. The van der Waals surface area contributed by atoms with E-state index < -0.39 is 17.3 Å². The fraction of sp³-hybridized carbons (Fsp3) is 0.769. The van der Waals surface area contributed by atoms with Gasteiger partial charge in [0, 0.05) is 19.6 Å². The van der Waals surface area contributed by atoms with Gasteiger partial charge in [0.1, 0.15) is 0 Å². The first kappa shape index (κ1) is 14.6. The Hall–Kier alpha value is -1.79. The first-order valence-electron chi connectivity index (χ1n) is 7.00. The zero-order valence-electron chi connectivity index (χ0n) is 11.4. The van der Waals surface area contributed by atoms with Crippen LogP contribution in [-0.2, 0) is 9.59 Å². The highest BCUT2D eigenvalue weighted by molar-refractivity contribution is 5.81. The number of amides is 3. The Morgan fingerprint density at radius 2 is 1.95 bits per heavy atom. The Morgan fingerprint density at radius 1 is 1.30 bits per heavy atom. The van der Waals surface area contributed by atoms with Gasteiger partial charge in [-0.25, -0.2) is 4.79 Å². The predicted octanol–water partition coefficient (Wildman–Crippen LogP) is 0.148. The molecule has 0 aromatic heterocycles. The van der Waals surface area contributed by atoms with Gasteiger partial charge in [-0.1, -0.05) is 12.8 Å². The molecule has 112 valence electrons. The summed E-state index contributed by atoms with van der Waals surface area (Å²) in [6, 6.07) is -0.304. The second-order valence-electron chi connectivity index (χ2n) is 5.79. The van der Waals surface area contributed by atoms with Crippen LogP contribution in [0.3, 0.4) is 0 Å². The lowest BCUT2D eigenvalue weighted by atomic mass is 9.86. The molecule has 1 aliphatic carbocycles. The first-order valence-corrected chi connectivity index (χ1v) is 7.00. The Kier molecular flexibility index (Phi) is 4.15. The van der Waals surface area contributed by atoms with Crippen LogP contribution in [0.25, 0.3) is 0 Å². The van der Waals surface area contributed by atoms with Crippen LogP contribution >= 0.6 is 0 Å². The van der Waals surface area contributed by atoms with Crippen molar-refractivity contribution in [3.63, 3.8) is 0 Å². The topological polar surface area (TPSA) is 113 Å². The lowest BCUT2D eigenvalue weighted by molar-refractivity contribution is -0.148. The molecule has 2 fully saturated rings. The normalized spacial score (nSPS) is 24.6. The quantitative estimate of drug-likeness (QED) is 0.681. The zero-order valence-corrected chi connectivity index (χ0v) is 11.4.